The van der Waals surface area contributed by atoms with E-state index in [1.54, 1.807) is 0 Å². The second-order valence-electron chi connectivity index (χ2n) is 7.31. The Morgan fingerprint density at radius 2 is 1.80 bits per heavy atom. The van der Waals surface area contributed by atoms with Crippen LogP contribution in [0.1, 0.15) is 43.3 Å². The van der Waals surface area contributed by atoms with Gasteiger partial charge in [-0.3, -0.25) is 4.79 Å². The molecule has 0 radical (unpaired) electrons. The molecule has 2 heterocycles. The third kappa shape index (κ3) is 3.58. The van der Waals surface area contributed by atoms with Crippen molar-refractivity contribution in [3.05, 3.63) is 57.8 Å². The van der Waals surface area contributed by atoms with Crippen molar-refractivity contribution >= 4 is 40.3 Å². The summed E-state index contributed by atoms with van der Waals surface area (Å²) in [4.78, 5) is 12.5. The molecule has 0 aliphatic carbocycles. The first-order chi connectivity index (χ1) is 11.7. The fraction of sp³-hybridized carbons (Fsp3) is 0.300. The van der Waals surface area contributed by atoms with Gasteiger partial charge in [-0.05, 0) is 54.7 Å². The molecule has 2 aromatic rings. The first-order valence-corrected chi connectivity index (χ1v) is 9.44. The summed E-state index contributed by atoms with van der Waals surface area (Å²) in [5.74, 6) is -0.116. The van der Waals surface area contributed by atoms with Gasteiger partial charge in [0.05, 0.1) is 4.91 Å². The van der Waals surface area contributed by atoms with Crippen LogP contribution in [0.4, 0.5) is 0 Å². The minimum Gasteiger partial charge on any atom is -0.318 e. The molecular weight excluding hydrogens is 348 g/mol. The molecule has 3 rings (SSSR count). The van der Waals surface area contributed by atoms with E-state index in [1.807, 2.05) is 6.08 Å². The molecule has 0 unspecified atom stereocenters. The number of thiocarbonyl (C=S) groups is 1. The lowest BCUT2D eigenvalue weighted by Crippen LogP contribution is -2.17. The number of carbonyl (C=O) groups excluding carboxylic acids is 1. The van der Waals surface area contributed by atoms with Crippen molar-refractivity contribution in [3.8, 4) is 5.69 Å². The van der Waals surface area contributed by atoms with E-state index in [0.29, 0.717) is 9.23 Å². The lowest BCUT2D eigenvalue weighted by atomic mass is 9.87. The molecule has 1 aromatic carbocycles. The second-order valence-corrected chi connectivity index (χ2v) is 9.03. The molecule has 1 fully saturated rings. The van der Waals surface area contributed by atoms with E-state index < -0.39 is 0 Å². The van der Waals surface area contributed by atoms with Crippen LogP contribution >= 0.6 is 24.0 Å². The zero-order valence-electron chi connectivity index (χ0n) is 15.1. The molecule has 0 spiro atoms. The lowest BCUT2D eigenvalue weighted by Gasteiger charge is -2.20. The molecule has 1 N–H and O–H groups in total. The Hall–Kier alpha value is -1.85. The Morgan fingerprint density at radius 3 is 2.32 bits per heavy atom. The van der Waals surface area contributed by atoms with Gasteiger partial charge < -0.3 is 9.88 Å². The quantitative estimate of drug-likeness (QED) is 0.604. The topological polar surface area (TPSA) is 34.0 Å². The van der Waals surface area contributed by atoms with Gasteiger partial charge in [0.15, 0.2) is 0 Å². The smallest absolute Gasteiger partial charge is 0.263 e. The molecule has 0 atom stereocenters. The molecule has 0 saturated carbocycles. The van der Waals surface area contributed by atoms with E-state index in [1.165, 1.54) is 17.3 Å². The van der Waals surface area contributed by atoms with Gasteiger partial charge in [0.2, 0.25) is 0 Å². The maximum Gasteiger partial charge on any atom is 0.263 e. The van der Waals surface area contributed by atoms with Crippen molar-refractivity contribution in [2.45, 2.75) is 40.0 Å². The van der Waals surface area contributed by atoms with Crippen molar-refractivity contribution in [1.82, 2.24) is 9.88 Å². The van der Waals surface area contributed by atoms with Crippen molar-refractivity contribution < 1.29 is 4.79 Å². The summed E-state index contributed by atoms with van der Waals surface area (Å²) in [5.41, 5.74) is 5.87. The molecule has 25 heavy (non-hydrogen) atoms. The third-order valence-electron chi connectivity index (χ3n) is 4.39. The molecule has 1 aliphatic rings. The number of thioether (sulfide) groups is 1. The fourth-order valence-corrected chi connectivity index (χ4v) is 4.04. The molecule has 1 saturated heterocycles. The third-order valence-corrected chi connectivity index (χ3v) is 5.55. The summed E-state index contributed by atoms with van der Waals surface area (Å²) in [5, 5.41) is 2.66. The van der Waals surface area contributed by atoms with E-state index in [-0.39, 0.29) is 11.3 Å². The van der Waals surface area contributed by atoms with Crippen molar-refractivity contribution in [2.24, 2.45) is 0 Å². The summed E-state index contributed by atoms with van der Waals surface area (Å²) in [6.07, 6.45) is 1.92. The van der Waals surface area contributed by atoms with Crippen LogP contribution < -0.4 is 5.32 Å². The van der Waals surface area contributed by atoms with Crippen LogP contribution in [0.5, 0.6) is 0 Å². The monoisotopic (exact) mass is 370 g/mol. The summed E-state index contributed by atoms with van der Waals surface area (Å²) >= 11 is 6.37. The number of aromatic nitrogens is 1. The first kappa shape index (κ1) is 18.0. The molecule has 5 heteroatoms. The van der Waals surface area contributed by atoms with Gasteiger partial charge in [0.1, 0.15) is 4.32 Å². The predicted octanol–water partition coefficient (Wildman–Crippen LogP) is 4.88. The van der Waals surface area contributed by atoms with Crippen LogP contribution in [0, 0.1) is 13.8 Å². The van der Waals surface area contributed by atoms with E-state index in [4.69, 9.17) is 12.2 Å². The molecule has 1 aromatic heterocycles. The van der Waals surface area contributed by atoms with Crippen LogP contribution in [0.25, 0.3) is 11.8 Å². The lowest BCUT2D eigenvalue weighted by molar-refractivity contribution is -0.115. The number of nitrogens with zero attached hydrogens (tertiary/aromatic N) is 1. The maximum absolute atomic E-state index is 11.9. The Balaban J connectivity index is 1.99. The normalized spacial score (nSPS) is 16.6. The van der Waals surface area contributed by atoms with Crippen LogP contribution in [-0.2, 0) is 10.2 Å². The second kappa shape index (κ2) is 6.46. The van der Waals surface area contributed by atoms with E-state index in [0.717, 1.165) is 22.6 Å². The molecule has 0 bridgehead atoms. The van der Waals surface area contributed by atoms with Crippen LogP contribution in [-0.4, -0.2) is 14.8 Å². The fourth-order valence-electron chi connectivity index (χ4n) is 3.00. The summed E-state index contributed by atoms with van der Waals surface area (Å²) in [6, 6.07) is 10.8. The maximum atomic E-state index is 11.9. The molecule has 3 nitrogen and oxygen atoms in total. The Morgan fingerprint density at radius 1 is 1.16 bits per heavy atom. The average Bonchev–Trinajstić information content (AvgIpc) is 2.98. The van der Waals surface area contributed by atoms with Crippen molar-refractivity contribution in [3.63, 3.8) is 0 Å². The molecule has 1 amide bonds. The van der Waals surface area contributed by atoms with Gasteiger partial charge in [0, 0.05) is 17.1 Å². The summed E-state index contributed by atoms with van der Waals surface area (Å²) in [7, 11) is 0. The van der Waals surface area contributed by atoms with Crippen LogP contribution in [0.2, 0.25) is 0 Å². The summed E-state index contributed by atoms with van der Waals surface area (Å²) < 4.78 is 2.73. The standard InChI is InChI=1S/C20H22N2OS2/c1-12-10-14(11-17-18(23)21-19(24)25-17)13(2)22(12)16-8-6-15(7-9-16)20(3,4)5/h6-11H,1-5H3,(H,21,23,24)/b17-11+. The predicted molar refractivity (Wildman–Crippen MR) is 110 cm³/mol. The van der Waals surface area contributed by atoms with Crippen LogP contribution in [0.3, 0.4) is 0 Å². The number of carbonyl (C=O) groups is 1. The Kier molecular flexibility index (Phi) is 4.64. The van der Waals surface area contributed by atoms with E-state index in [9.17, 15) is 4.79 Å². The van der Waals surface area contributed by atoms with Gasteiger partial charge in [-0.15, -0.1) is 0 Å². The number of hydrogen-bond donors (Lipinski definition) is 1. The van der Waals surface area contributed by atoms with Gasteiger partial charge in [-0.1, -0.05) is 56.9 Å². The molecule has 1 aliphatic heterocycles. The van der Waals surface area contributed by atoms with Crippen molar-refractivity contribution in [1.29, 1.82) is 0 Å². The zero-order valence-corrected chi connectivity index (χ0v) is 16.8. The van der Waals surface area contributed by atoms with Gasteiger partial charge >= 0.3 is 0 Å². The Bertz CT molecular complexity index is 884. The van der Waals surface area contributed by atoms with Crippen molar-refractivity contribution in [2.75, 3.05) is 0 Å². The number of hydrogen-bond acceptors (Lipinski definition) is 3. The minimum absolute atomic E-state index is 0.116. The van der Waals surface area contributed by atoms with Gasteiger partial charge in [-0.25, -0.2) is 0 Å². The first-order valence-electron chi connectivity index (χ1n) is 8.21. The number of benzene rings is 1. The SMILES string of the molecule is Cc1cc(/C=C2/SC(=S)NC2=O)c(C)n1-c1ccc(C(C)(C)C)cc1. The van der Waals surface area contributed by atoms with Crippen LogP contribution in [0.15, 0.2) is 35.2 Å². The average molecular weight is 371 g/mol. The highest BCUT2D eigenvalue weighted by Gasteiger charge is 2.23. The molecule has 130 valence electrons. The number of nitrogens with one attached hydrogen (secondary N) is 1. The zero-order chi connectivity index (χ0) is 18.4. The highest BCUT2D eigenvalue weighted by Crippen LogP contribution is 2.30. The minimum atomic E-state index is -0.116. The molecular formula is C20H22N2OS2. The van der Waals surface area contributed by atoms with Gasteiger partial charge in [0.25, 0.3) is 5.91 Å². The number of amides is 1. The Labute approximate surface area is 158 Å². The van der Waals surface area contributed by atoms with E-state index >= 15 is 0 Å². The highest BCUT2D eigenvalue weighted by molar-refractivity contribution is 8.26. The highest BCUT2D eigenvalue weighted by atomic mass is 32.2. The van der Waals surface area contributed by atoms with Gasteiger partial charge in [-0.2, -0.15) is 0 Å². The number of rotatable bonds is 2. The number of aryl methyl sites for hydroxylation is 1. The summed E-state index contributed by atoms with van der Waals surface area (Å²) in [6.45, 7) is 10.8. The largest absolute Gasteiger partial charge is 0.318 e. The van der Waals surface area contributed by atoms with E-state index in [2.05, 4.69) is 74.8 Å².